The number of hydrogen-bond donors (Lipinski definition) is 0. The SMILES string of the molecule is S=C=Nc1ccc(C=CCBr)cc1. The predicted octanol–water partition coefficient (Wildman–Crippen LogP) is 3.83. The molecule has 0 aliphatic carbocycles. The van der Waals surface area contributed by atoms with Gasteiger partial charge in [-0.25, -0.2) is 0 Å². The van der Waals surface area contributed by atoms with Crippen molar-refractivity contribution in [1.82, 2.24) is 0 Å². The van der Waals surface area contributed by atoms with E-state index in [2.05, 4.69) is 38.3 Å². The maximum atomic E-state index is 4.50. The average Bonchev–Trinajstić information content (AvgIpc) is 2.17. The molecule has 0 heterocycles. The second kappa shape index (κ2) is 5.81. The van der Waals surface area contributed by atoms with Gasteiger partial charge in [0.05, 0.1) is 10.8 Å². The van der Waals surface area contributed by atoms with Crippen molar-refractivity contribution >= 4 is 45.1 Å². The Morgan fingerprint density at radius 2 is 2.08 bits per heavy atom. The van der Waals surface area contributed by atoms with E-state index in [1.165, 1.54) is 0 Å². The number of allylic oxidation sites excluding steroid dienone is 1. The summed E-state index contributed by atoms with van der Waals surface area (Å²) < 4.78 is 0. The van der Waals surface area contributed by atoms with Crippen molar-refractivity contribution < 1.29 is 0 Å². The van der Waals surface area contributed by atoms with Gasteiger partial charge in [-0.2, -0.15) is 4.99 Å². The molecule has 1 rings (SSSR count). The molecule has 1 nitrogen and oxygen atoms in total. The molecule has 66 valence electrons. The lowest BCUT2D eigenvalue weighted by atomic mass is 10.2. The molecule has 13 heavy (non-hydrogen) atoms. The van der Waals surface area contributed by atoms with Gasteiger partial charge in [0, 0.05) is 5.33 Å². The molecule has 1 aromatic carbocycles. The Labute approximate surface area is 91.3 Å². The highest BCUT2D eigenvalue weighted by molar-refractivity contribution is 9.09. The summed E-state index contributed by atoms with van der Waals surface area (Å²) in [7, 11) is 0. The quantitative estimate of drug-likeness (QED) is 0.453. The van der Waals surface area contributed by atoms with Crippen molar-refractivity contribution in [3.05, 3.63) is 35.9 Å². The Bertz CT molecular complexity index is 336. The van der Waals surface area contributed by atoms with E-state index in [1.54, 1.807) is 0 Å². The fraction of sp³-hybridized carbons (Fsp3) is 0.100. The third kappa shape index (κ3) is 3.64. The van der Waals surface area contributed by atoms with E-state index in [9.17, 15) is 0 Å². The van der Waals surface area contributed by atoms with Crippen molar-refractivity contribution in [3.8, 4) is 0 Å². The smallest absolute Gasteiger partial charge is 0.0739 e. The van der Waals surface area contributed by atoms with Crippen LogP contribution in [0.2, 0.25) is 0 Å². The van der Waals surface area contributed by atoms with Gasteiger partial charge in [-0.05, 0) is 29.9 Å². The number of hydrogen-bond acceptors (Lipinski definition) is 2. The van der Waals surface area contributed by atoms with Gasteiger partial charge in [0.25, 0.3) is 0 Å². The van der Waals surface area contributed by atoms with Gasteiger partial charge in [0.1, 0.15) is 0 Å². The highest BCUT2D eigenvalue weighted by Gasteiger charge is 1.87. The van der Waals surface area contributed by atoms with Crippen LogP contribution in [0.15, 0.2) is 35.3 Å². The lowest BCUT2D eigenvalue weighted by Gasteiger charge is -1.93. The molecule has 0 saturated carbocycles. The van der Waals surface area contributed by atoms with E-state index in [0.717, 1.165) is 16.6 Å². The van der Waals surface area contributed by atoms with Crippen LogP contribution in [-0.4, -0.2) is 10.5 Å². The number of halogens is 1. The van der Waals surface area contributed by atoms with Gasteiger partial charge >= 0.3 is 0 Å². The number of rotatable bonds is 3. The summed E-state index contributed by atoms with van der Waals surface area (Å²) in [4.78, 5) is 3.86. The van der Waals surface area contributed by atoms with Crippen molar-refractivity contribution in [1.29, 1.82) is 0 Å². The zero-order valence-corrected chi connectivity index (χ0v) is 9.31. The van der Waals surface area contributed by atoms with Crippen LogP contribution in [0.25, 0.3) is 6.08 Å². The molecular weight excluding hydrogens is 246 g/mol. The first-order chi connectivity index (χ1) is 6.36. The molecule has 0 amide bonds. The van der Waals surface area contributed by atoms with E-state index in [4.69, 9.17) is 0 Å². The van der Waals surface area contributed by atoms with Crippen molar-refractivity contribution in [3.63, 3.8) is 0 Å². The lowest BCUT2D eigenvalue weighted by Crippen LogP contribution is -1.70. The topological polar surface area (TPSA) is 12.4 Å². The van der Waals surface area contributed by atoms with Crippen LogP contribution < -0.4 is 0 Å². The molecule has 3 heteroatoms. The van der Waals surface area contributed by atoms with Crippen LogP contribution in [0.5, 0.6) is 0 Å². The summed E-state index contributed by atoms with van der Waals surface area (Å²) in [5, 5.41) is 3.20. The Morgan fingerprint density at radius 1 is 1.38 bits per heavy atom. The fourth-order valence-corrected chi connectivity index (χ4v) is 1.19. The van der Waals surface area contributed by atoms with Gasteiger partial charge in [-0.1, -0.05) is 40.2 Å². The van der Waals surface area contributed by atoms with Crippen molar-refractivity contribution in [2.24, 2.45) is 4.99 Å². The van der Waals surface area contributed by atoms with E-state index in [-0.39, 0.29) is 0 Å². The zero-order valence-electron chi connectivity index (χ0n) is 6.90. The van der Waals surface area contributed by atoms with E-state index in [1.807, 2.05) is 36.4 Å². The van der Waals surface area contributed by atoms with Crippen LogP contribution in [0.3, 0.4) is 0 Å². The largest absolute Gasteiger partial charge is 0.195 e. The molecule has 0 bridgehead atoms. The Balaban J connectivity index is 2.80. The monoisotopic (exact) mass is 253 g/mol. The molecule has 0 saturated heterocycles. The highest BCUT2D eigenvalue weighted by Crippen LogP contribution is 2.13. The molecule has 0 unspecified atom stereocenters. The normalized spacial score (nSPS) is 9.92. The number of nitrogens with zero attached hydrogens (tertiary/aromatic N) is 1. The van der Waals surface area contributed by atoms with Crippen molar-refractivity contribution in [2.45, 2.75) is 0 Å². The number of isothiocyanates is 1. The maximum absolute atomic E-state index is 4.50. The minimum atomic E-state index is 0.839. The first kappa shape index (κ1) is 10.3. The van der Waals surface area contributed by atoms with Gasteiger partial charge in [-0.15, -0.1) is 0 Å². The molecule has 0 atom stereocenters. The van der Waals surface area contributed by atoms with E-state index < -0.39 is 0 Å². The van der Waals surface area contributed by atoms with Crippen LogP contribution in [0.4, 0.5) is 5.69 Å². The molecular formula is C10H8BrNS. The zero-order chi connectivity index (χ0) is 9.52. The van der Waals surface area contributed by atoms with Crippen LogP contribution in [0.1, 0.15) is 5.56 Å². The van der Waals surface area contributed by atoms with Crippen LogP contribution >= 0.6 is 28.1 Å². The summed E-state index contributed by atoms with van der Waals surface area (Å²) >= 11 is 7.82. The maximum Gasteiger partial charge on any atom is 0.0739 e. The van der Waals surface area contributed by atoms with Gasteiger partial charge in [0.15, 0.2) is 0 Å². The second-order valence-electron chi connectivity index (χ2n) is 2.35. The van der Waals surface area contributed by atoms with Gasteiger partial charge in [0.2, 0.25) is 0 Å². The highest BCUT2D eigenvalue weighted by atomic mass is 79.9. The standard InChI is InChI=1S/C10H8BrNS/c11-7-1-2-9-3-5-10(6-4-9)12-8-13/h1-6H,7H2. The van der Waals surface area contributed by atoms with Crippen molar-refractivity contribution in [2.75, 3.05) is 5.33 Å². The summed E-state index contributed by atoms with van der Waals surface area (Å²) in [6.07, 6.45) is 4.08. The molecule has 0 fully saturated rings. The molecule has 0 N–H and O–H groups in total. The average molecular weight is 254 g/mol. The molecule has 0 aliphatic heterocycles. The summed E-state index contributed by atoms with van der Waals surface area (Å²) in [6, 6.07) is 7.80. The summed E-state index contributed by atoms with van der Waals surface area (Å²) in [5.74, 6) is 0. The number of alkyl halides is 1. The predicted molar refractivity (Wildman–Crippen MR) is 64.0 cm³/mol. The molecule has 0 aromatic heterocycles. The Kier molecular flexibility index (Phi) is 4.61. The molecule has 0 radical (unpaired) electrons. The summed E-state index contributed by atoms with van der Waals surface area (Å²) in [5.41, 5.74) is 1.99. The third-order valence-corrected chi connectivity index (χ3v) is 1.93. The fourth-order valence-electron chi connectivity index (χ4n) is 0.893. The van der Waals surface area contributed by atoms with Gasteiger partial charge in [-0.3, -0.25) is 0 Å². The molecule has 1 aromatic rings. The number of benzene rings is 1. The minimum Gasteiger partial charge on any atom is -0.195 e. The van der Waals surface area contributed by atoms with E-state index in [0.29, 0.717) is 0 Å². The van der Waals surface area contributed by atoms with Crippen LogP contribution in [0, 0.1) is 0 Å². The van der Waals surface area contributed by atoms with Crippen LogP contribution in [-0.2, 0) is 0 Å². The third-order valence-electron chi connectivity index (χ3n) is 1.47. The van der Waals surface area contributed by atoms with Gasteiger partial charge < -0.3 is 0 Å². The summed E-state index contributed by atoms with van der Waals surface area (Å²) in [6.45, 7) is 0. The number of aliphatic imine (C=N–C) groups is 1. The minimum absolute atomic E-state index is 0.839. The Hall–Kier alpha value is -0.760. The first-order valence-corrected chi connectivity index (χ1v) is 5.30. The Morgan fingerprint density at radius 3 is 2.62 bits per heavy atom. The van der Waals surface area contributed by atoms with E-state index >= 15 is 0 Å². The second-order valence-corrected chi connectivity index (χ2v) is 3.18. The first-order valence-electron chi connectivity index (χ1n) is 3.77. The molecule has 0 spiro atoms. The molecule has 0 aliphatic rings. The lowest BCUT2D eigenvalue weighted by molar-refractivity contribution is 1.53. The number of thiocarbonyl (C=S) groups is 1.